The van der Waals surface area contributed by atoms with Gasteiger partial charge >= 0.3 is 12.0 Å². The summed E-state index contributed by atoms with van der Waals surface area (Å²) in [6.07, 6.45) is 6.44. The minimum absolute atomic E-state index is 0.109. The smallest absolute Gasteiger partial charge is 0.340 e. The van der Waals surface area contributed by atoms with E-state index in [-0.39, 0.29) is 6.04 Å². The summed E-state index contributed by atoms with van der Waals surface area (Å²) in [4.78, 5) is 36.6. The zero-order valence-electron chi connectivity index (χ0n) is 16.3. The van der Waals surface area contributed by atoms with Crippen molar-refractivity contribution in [2.45, 2.75) is 83.9 Å². The molecule has 27 heavy (non-hydrogen) atoms. The molecule has 0 unspecified atom stereocenters. The van der Waals surface area contributed by atoms with Gasteiger partial charge in [0.1, 0.15) is 0 Å². The molecule has 2 aliphatic carbocycles. The zero-order chi connectivity index (χ0) is 19.6. The minimum Gasteiger partial charge on any atom is -0.449 e. The Labute approximate surface area is 159 Å². The van der Waals surface area contributed by atoms with Crippen LogP contribution in [0.25, 0.3) is 0 Å². The molecule has 1 aromatic heterocycles. The normalized spacial score (nSPS) is 18.6. The average molecular weight is 375 g/mol. The van der Waals surface area contributed by atoms with E-state index in [2.05, 4.69) is 15.2 Å². The third-order valence-electron chi connectivity index (χ3n) is 5.45. The van der Waals surface area contributed by atoms with Crippen molar-refractivity contribution in [1.29, 1.82) is 0 Å². The van der Waals surface area contributed by atoms with E-state index in [1.54, 1.807) is 6.07 Å². The Balaban J connectivity index is 1.52. The van der Waals surface area contributed by atoms with Crippen LogP contribution in [0.4, 0.5) is 4.79 Å². The van der Waals surface area contributed by atoms with Gasteiger partial charge in [-0.3, -0.25) is 10.1 Å². The quantitative estimate of drug-likeness (QED) is 0.774. The van der Waals surface area contributed by atoms with Crippen molar-refractivity contribution in [2.24, 2.45) is 0 Å². The first-order chi connectivity index (χ1) is 12.9. The number of carbonyl (C=O) groups is 3. The Morgan fingerprint density at radius 2 is 1.78 bits per heavy atom. The lowest BCUT2D eigenvalue weighted by molar-refractivity contribution is -0.127. The van der Waals surface area contributed by atoms with E-state index in [4.69, 9.17) is 4.74 Å². The van der Waals surface area contributed by atoms with E-state index in [1.165, 1.54) is 13.3 Å². The summed E-state index contributed by atoms with van der Waals surface area (Å²) in [7, 11) is 0. The molecule has 2 N–H and O–H groups in total. The van der Waals surface area contributed by atoms with Crippen molar-refractivity contribution < 1.29 is 19.1 Å². The first-order valence-corrected chi connectivity index (χ1v) is 9.87. The number of hydrogen-bond donors (Lipinski definition) is 2. The fourth-order valence-corrected chi connectivity index (χ4v) is 3.84. The molecule has 0 radical (unpaired) electrons. The maximum absolute atomic E-state index is 12.5. The lowest BCUT2D eigenvalue weighted by Crippen LogP contribution is -2.48. The molecular formula is C20H29N3O4. The predicted octanol–water partition coefficient (Wildman–Crippen LogP) is 3.14. The van der Waals surface area contributed by atoms with Crippen LogP contribution in [0.3, 0.4) is 0 Å². The molecule has 2 saturated carbocycles. The average Bonchev–Trinajstić information content (AvgIpc) is 3.40. The van der Waals surface area contributed by atoms with Crippen LogP contribution in [0.1, 0.15) is 79.7 Å². The van der Waals surface area contributed by atoms with Gasteiger partial charge in [0, 0.05) is 23.5 Å². The predicted molar refractivity (Wildman–Crippen MR) is 101 cm³/mol. The summed E-state index contributed by atoms with van der Waals surface area (Å²) in [5, 5.41) is 5.09. The molecule has 7 heteroatoms. The van der Waals surface area contributed by atoms with Gasteiger partial charge in [0.2, 0.25) is 0 Å². The third-order valence-corrected chi connectivity index (χ3v) is 5.45. The van der Waals surface area contributed by atoms with E-state index < -0.39 is 24.0 Å². The Morgan fingerprint density at radius 3 is 2.41 bits per heavy atom. The molecule has 0 aromatic carbocycles. The Hall–Kier alpha value is -2.31. The van der Waals surface area contributed by atoms with Gasteiger partial charge in [0.15, 0.2) is 6.10 Å². The topological polar surface area (TPSA) is 89.4 Å². The number of hydrogen-bond acceptors (Lipinski definition) is 4. The van der Waals surface area contributed by atoms with Crippen LogP contribution >= 0.6 is 0 Å². The molecule has 0 aliphatic heterocycles. The van der Waals surface area contributed by atoms with E-state index in [0.29, 0.717) is 11.6 Å². The lowest BCUT2D eigenvalue weighted by atomic mass is 9.96. The number of nitrogens with zero attached hydrogens (tertiary/aromatic N) is 1. The van der Waals surface area contributed by atoms with Crippen LogP contribution in [-0.4, -0.2) is 34.6 Å². The van der Waals surface area contributed by atoms with Crippen molar-refractivity contribution >= 4 is 17.9 Å². The minimum atomic E-state index is -1.04. The van der Waals surface area contributed by atoms with Crippen LogP contribution in [0.5, 0.6) is 0 Å². The first kappa shape index (κ1) is 19.5. The standard InChI is InChI=1S/C20H29N3O4/c1-12-11-17(13(2)23(12)16-9-10-16)19(25)27-14(3)18(24)22-20(26)21-15-7-5-4-6-8-15/h11,14-16H,4-10H2,1-3H3,(H2,21,22,24,26)/t14-/m0/s1. The van der Waals surface area contributed by atoms with Gasteiger partial charge in [0.25, 0.3) is 5.91 Å². The van der Waals surface area contributed by atoms with Gasteiger partial charge in [-0.2, -0.15) is 0 Å². The number of ether oxygens (including phenoxy) is 1. The van der Waals surface area contributed by atoms with Gasteiger partial charge < -0.3 is 14.6 Å². The second-order valence-electron chi connectivity index (χ2n) is 7.73. The summed E-state index contributed by atoms with van der Waals surface area (Å²) in [5.41, 5.74) is 2.36. The van der Waals surface area contributed by atoms with E-state index in [9.17, 15) is 14.4 Å². The molecule has 0 saturated heterocycles. The number of aromatic nitrogens is 1. The van der Waals surface area contributed by atoms with Crippen molar-refractivity contribution in [3.63, 3.8) is 0 Å². The highest BCUT2D eigenvalue weighted by atomic mass is 16.5. The number of nitrogens with one attached hydrogen (secondary N) is 2. The van der Waals surface area contributed by atoms with Crippen molar-refractivity contribution in [1.82, 2.24) is 15.2 Å². The number of carbonyl (C=O) groups excluding carboxylic acids is 3. The van der Waals surface area contributed by atoms with Gasteiger partial charge in [-0.15, -0.1) is 0 Å². The van der Waals surface area contributed by atoms with E-state index in [0.717, 1.165) is 49.9 Å². The highest BCUT2D eigenvalue weighted by Gasteiger charge is 2.30. The van der Waals surface area contributed by atoms with Crippen LogP contribution in [0.15, 0.2) is 6.07 Å². The number of aryl methyl sites for hydroxylation is 1. The Bertz CT molecular complexity index is 730. The third kappa shape index (κ3) is 4.70. The summed E-state index contributed by atoms with van der Waals surface area (Å²) in [5.74, 6) is -1.15. The molecule has 0 bridgehead atoms. The van der Waals surface area contributed by atoms with Crippen molar-refractivity contribution in [3.05, 3.63) is 23.0 Å². The van der Waals surface area contributed by atoms with E-state index >= 15 is 0 Å². The molecule has 3 rings (SSSR count). The molecule has 7 nitrogen and oxygen atoms in total. The maximum Gasteiger partial charge on any atom is 0.340 e. The van der Waals surface area contributed by atoms with Crippen LogP contribution in [0.2, 0.25) is 0 Å². The van der Waals surface area contributed by atoms with Gasteiger partial charge in [-0.05, 0) is 52.5 Å². The SMILES string of the molecule is Cc1cc(C(=O)O[C@@H](C)C(=O)NC(=O)NC2CCCCC2)c(C)n1C1CC1. The fraction of sp³-hybridized carbons (Fsp3) is 0.650. The monoisotopic (exact) mass is 375 g/mol. The van der Waals surface area contributed by atoms with Gasteiger partial charge in [-0.25, -0.2) is 9.59 Å². The Morgan fingerprint density at radius 1 is 1.11 bits per heavy atom. The molecule has 0 spiro atoms. The van der Waals surface area contributed by atoms with Crippen LogP contribution < -0.4 is 10.6 Å². The summed E-state index contributed by atoms with van der Waals surface area (Å²) in [6, 6.07) is 1.85. The molecule has 1 heterocycles. The number of imide groups is 1. The second kappa shape index (κ2) is 8.15. The second-order valence-corrected chi connectivity index (χ2v) is 7.73. The van der Waals surface area contributed by atoms with E-state index in [1.807, 2.05) is 13.8 Å². The number of urea groups is 1. The molecule has 1 aromatic rings. The summed E-state index contributed by atoms with van der Waals surface area (Å²) in [6.45, 7) is 5.33. The van der Waals surface area contributed by atoms with Crippen LogP contribution in [-0.2, 0) is 9.53 Å². The number of rotatable bonds is 5. The first-order valence-electron chi connectivity index (χ1n) is 9.87. The van der Waals surface area contributed by atoms with Crippen molar-refractivity contribution in [3.8, 4) is 0 Å². The molecule has 148 valence electrons. The zero-order valence-corrected chi connectivity index (χ0v) is 16.3. The lowest BCUT2D eigenvalue weighted by Gasteiger charge is -2.23. The van der Waals surface area contributed by atoms with Gasteiger partial charge in [0.05, 0.1) is 5.56 Å². The highest BCUT2D eigenvalue weighted by Crippen LogP contribution is 2.38. The largest absolute Gasteiger partial charge is 0.449 e. The van der Waals surface area contributed by atoms with Crippen molar-refractivity contribution in [2.75, 3.05) is 0 Å². The molecule has 1 atom stereocenters. The summed E-state index contributed by atoms with van der Waals surface area (Å²) >= 11 is 0. The maximum atomic E-state index is 12.5. The molecule has 2 aliphatic rings. The summed E-state index contributed by atoms with van der Waals surface area (Å²) < 4.78 is 7.45. The Kier molecular flexibility index (Phi) is 5.87. The number of esters is 1. The highest BCUT2D eigenvalue weighted by molar-refractivity contribution is 5.98. The fourth-order valence-electron chi connectivity index (χ4n) is 3.84. The molecule has 2 fully saturated rings. The molecular weight excluding hydrogens is 346 g/mol. The van der Waals surface area contributed by atoms with Crippen LogP contribution in [0, 0.1) is 13.8 Å². The number of amides is 3. The molecule has 3 amide bonds. The van der Waals surface area contributed by atoms with Gasteiger partial charge in [-0.1, -0.05) is 19.3 Å².